The van der Waals surface area contributed by atoms with Crippen LogP contribution in [0.3, 0.4) is 0 Å². The molecule has 0 spiro atoms. The molecule has 23 heavy (non-hydrogen) atoms. The zero-order chi connectivity index (χ0) is 16.6. The number of carbonyl (C=O) groups is 2. The number of phenolic OH excluding ortho intramolecular Hbond substituents is 2. The van der Waals surface area contributed by atoms with Gasteiger partial charge in [0.15, 0.2) is 6.10 Å². The first-order valence-corrected chi connectivity index (χ1v) is 7.42. The first-order chi connectivity index (χ1) is 11.0. The van der Waals surface area contributed by atoms with Crippen LogP contribution >= 0.6 is 0 Å². The summed E-state index contributed by atoms with van der Waals surface area (Å²) in [6.07, 6.45) is 0.897. The van der Waals surface area contributed by atoms with Gasteiger partial charge in [-0.25, -0.2) is 4.79 Å². The Kier molecular flexibility index (Phi) is 3.82. The number of ether oxygens (including phenoxy) is 1. The maximum atomic E-state index is 12.2. The van der Waals surface area contributed by atoms with Gasteiger partial charge in [0, 0.05) is 16.8 Å². The van der Waals surface area contributed by atoms with E-state index in [1.54, 1.807) is 24.3 Å². The van der Waals surface area contributed by atoms with E-state index in [0.29, 0.717) is 10.8 Å². The van der Waals surface area contributed by atoms with Crippen LogP contribution in [0.2, 0.25) is 0 Å². The molecule has 2 aromatic carbocycles. The van der Waals surface area contributed by atoms with Crippen molar-refractivity contribution in [1.82, 2.24) is 5.32 Å². The number of benzene rings is 2. The lowest BCUT2D eigenvalue weighted by Crippen LogP contribution is -2.37. The van der Waals surface area contributed by atoms with E-state index in [-0.39, 0.29) is 29.0 Å². The van der Waals surface area contributed by atoms with E-state index in [4.69, 9.17) is 4.74 Å². The third-order valence-corrected chi connectivity index (χ3v) is 3.79. The summed E-state index contributed by atoms with van der Waals surface area (Å²) in [5.41, 5.74) is -0.174. The summed E-state index contributed by atoms with van der Waals surface area (Å²) < 4.78 is 5.09. The van der Waals surface area contributed by atoms with Gasteiger partial charge in [0.2, 0.25) is 0 Å². The SMILES string of the molecule is C[C@H](OC(=O)c1cc(O)c2ccccc2c1O)C(=O)NC1CC1. The Morgan fingerprint density at radius 3 is 2.52 bits per heavy atom. The second-order valence-electron chi connectivity index (χ2n) is 5.67. The molecule has 0 saturated heterocycles. The molecule has 3 N–H and O–H groups in total. The summed E-state index contributed by atoms with van der Waals surface area (Å²) in [5.74, 6) is -1.65. The van der Waals surface area contributed by atoms with Gasteiger partial charge >= 0.3 is 5.97 Å². The van der Waals surface area contributed by atoms with E-state index in [9.17, 15) is 19.8 Å². The van der Waals surface area contributed by atoms with Gasteiger partial charge in [-0.1, -0.05) is 24.3 Å². The van der Waals surface area contributed by atoms with Crippen LogP contribution in [0.15, 0.2) is 30.3 Å². The second kappa shape index (κ2) is 5.79. The molecule has 3 rings (SSSR count). The average molecular weight is 315 g/mol. The molecular formula is C17H17NO5. The van der Waals surface area contributed by atoms with E-state index in [1.165, 1.54) is 6.92 Å². The Morgan fingerprint density at radius 2 is 1.87 bits per heavy atom. The van der Waals surface area contributed by atoms with Crippen molar-refractivity contribution in [1.29, 1.82) is 0 Å². The van der Waals surface area contributed by atoms with Crippen LogP contribution in [0, 0.1) is 0 Å². The molecule has 0 unspecified atom stereocenters. The summed E-state index contributed by atoms with van der Waals surface area (Å²) in [6.45, 7) is 1.47. The lowest BCUT2D eigenvalue weighted by molar-refractivity contribution is -0.129. The van der Waals surface area contributed by atoms with Gasteiger partial charge in [-0.2, -0.15) is 0 Å². The molecule has 6 nitrogen and oxygen atoms in total. The molecular weight excluding hydrogens is 298 g/mol. The fourth-order valence-corrected chi connectivity index (χ4v) is 2.32. The van der Waals surface area contributed by atoms with Crippen LogP contribution in [-0.4, -0.2) is 34.2 Å². The molecule has 0 heterocycles. The van der Waals surface area contributed by atoms with Crippen LogP contribution in [0.25, 0.3) is 10.8 Å². The molecule has 1 aliphatic carbocycles. The average Bonchev–Trinajstić information content (AvgIpc) is 3.34. The van der Waals surface area contributed by atoms with E-state index >= 15 is 0 Å². The Bertz CT molecular complexity index is 782. The van der Waals surface area contributed by atoms with Gasteiger partial charge in [-0.15, -0.1) is 0 Å². The summed E-state index contributed by atoms with van der Waals surface area (Å²) in [6, 6.07) is 7.93. The minimum absolute atomic E-state index is 0.138. The number of rotatable bonds is 4. The topological polar surface area (TPSA) is 95.9 Å². The molecule has 0 aromatic heterocycles. The van der Waals surface area contributed by atoms with Gasteiger partial charge in [0.25, 0.3) is 5.91 Å². The highest BCUT2D eigenvalue weighted by Gasteiger charge is 2.28. The number of esters is 1. The third kappa shape index (κ3) is 3.06. The Balaban J connectivity index is 1.83. The highest BCUT2D eigenvalue weighted by molar-refractivity contribution is 6.04. The number of fused-ring (bicyclic) bond motifs is 1. The summed E-state index contributed by atoms with van der Waals surface area (Å²) >= 11 is 0. The lowest BCUT2D eigenvalue weighted by atomic mass is 10.0. The van der Waals surface area contributed by atoms with Crippen molar-refractivity contribution >= 4 is 22.6 Å². The summed E-state index contributed by atoms with van der Waals surface area (Å²) in [7, 11) is 0. The predicted octanol–water partition coefficient (Wildman–Crippen LogP) is 2.07. The molecule has 1 atom stereocenters. The van der Waals surface area contributed by atoms with E-state index in [1.807, 2.05) is 0 Å². The minimum atomic E-state index is -0.976. The van der Waals surface area contributed by atoms with Gasteiger partial charge in [-0.05, 0) is 25.8 Å². The van der Waals surface area contributed by atoms with Crippen molar-refractivity contribution in [2.75, 3.05) is 0 Å². The molecule has 1 aliphatic rings. The number of amides is 1. The van der Waals surface area contributed by atoms with Gasteiger partial charge in [0.05, 0.1) is 0 Å². The minimum Gasteiger partial charge on any atom is -0.507 e. The number of carbonyl (C=O) groups excluding carboxylic acids is 2. The summed E-state index contributed by atoms with van der Waals surface area (Å²) in [5, 5.41) is 23.7. The maximum Gasteiger partial charge on any atom is 0.342 e. The number of hydrogen-bond donors (Lipinski definition) is 3. The van der Waals surface area contributed by atoms with Gasteiger partial charge in [-0.3, -0.25) is 4.79 Å². The fourth-order valence-electron chi connectivity index (χ4n) is 2.32. The van der Waals surface area contributed by atoms with Crippen LogP contribution in [0.5, 0.6) is 11.5 Å². The molecule has 1 amide bonds. The summed E-state index contributed by atoms with van der Waals surface area (Å²) in [4.78, 5) is 24.0. The zero-order valence-electron chi connectivity index (χ0n) is 12.6. The fraction of sp³-hybridized carbons (Fsp3) is 0.294. The highest BCUT2D eigenvalue weighted by Crippen LogP contribution is 2.35. The van der Waals surface area contributed by atoms with E-state index in [0.717, 1.165) is 18.9 Å². The molecule has 0 radical (unpaired) electrons. The molecule has 2 aromatic rings. The molecule has 6 heteroatoms. The Labute approximate surface area is 132 Å². The number of hydrogen-bond acceptors (Lipinski definition) is 5. The first kappa shape index (κ1) is 15.1. The van der Waals surface area contributed by atoms with E-state index < -0.39 is 12.1 Å². The molecule has 120 valence electrons. The number of nitrogens with one attached hydrogen (secondary N) is 1. The van der Waals surface area contributed by atoms with E-state index in [2.05, 4.69) is 5.32 Å². The van der Waals surface area contributed by atoms with Gasteiger partial charge < -0.3 is 20.3 Å². The van der Waals surface area contributed by atoms with Crippen molar-refractivity contribution in [2.24, 2.45) is 0 Å². The van der Waals surface area contributed by atoms with Crippen LogP contribution in [-0.2, 0) is 9.53 Å². The molecule has 1 fully saturated rings. The van der Waals surface area contributed by atoms with Crippen molar-refractivity contribution in [3.63, 3.8) is 0 Å². The maximum absolute atomic E-state index is 12.2. The Morgan fingerprint density at radius 1 is 1.22 bits per heavy atom. The predicted molar refractivity (Wildman–Crippen MR) is 83.3 cm³/mol. The molecule has 0 bridgehead atoms. The van der Waals surface area contributed by atoms with Crippen LogP contribution < -0.4 is 5.32 Å². The lowest BCUT2D eigenvalue weighted by Gasteiger charge is -2.14. The third-order valence-electron chi connectivity index (χ3n) is 3.79. The normalized spacial score (nSPS) is 15.2. The quantitative estimate of drug-likeness (QED) is 0.593. The van der Waals surface area contributed by atoms with Crippen LogP contribution in [0.1, 0.15) is 30.1 Å². The standard InChI is InChI=1S/C17H17NO5/c1-9(16(21)18-10-6-7-10)23-17(22)13-8-14(19)11-4-2-3-5-12(11)15(13)20/h2-5,8-10,19-20H,6-7H2,1H3,(H,18,21)/t9-/m0/s1. The Hall–Kier alpha value is -2.76. The second-order valence-corrected chi connectivity index (χ2v) is 5.67. The highest BCUT2D eigenvalue weighted by atomic mass is 16.5. The number of phenols is 2. The van der Waals surface area contributed by atoms with Gasteiger partial charge in [0.1, 0.15) is 17.1 Å². The zero-order valence-corrected chi connectivity index (χ0v) is 12.6. The first-order valence-electron chi connectivity index (χ1n) is 7.42. The number of aromatic hydroxyl groups is 2. The van der Waals surface area contributed by atoms with Crippen molar-refractivity contribution in [3.8, 4) is 11.5 Å². The van der Waals surface area contributed by atoms with Crippen LogP contribution in [0.4, 0.5) is 0 Å². The molecule has 1 saturated carbocycles. The van der Waals surface area contributed by atoms with Crippen molar-refractivity contribution in [3.05, 3.63) is 35.9 Å². The monoisotopic (exact) mass is 315 g/mol. The molecule has 0 aliphatic heterocycles. The van der Waals surface area contributed by atoms with Crippen molar-refractivity contribution in [2.45, 2.75) is 31.9 Å². The largest absolute Gasteiger partial charge is 0.507 e. The van der Waals surface area contributed by atoms with Crippen molar-refractivity contribution < 1.29 is 24.5 Å². The smallest absolute Gasteiger partial charge is 0.342 e.